The molecule has 0 aliphatic heterocycles. The van der Waals surface area contributed by atoms with Crippen molar-refractivity contribution in [2.24, 2.45) is 0 Å². The molecular weight excluding hydrogens is 312 g/mol. The molecule has 88 valence electrons. The van der Waals surface area contributed by atoms with Crippen LogP contribution in [-0.4, -0.2) is 9.97 Å². The lowest BCUT2D eigenvalue weighted by molar-refractivity contribution is 1.16. The van der Waals surface area contributed by atoms with Gasteiger partial charge in [-0.1, -0.05) is 41.9 Å². The normalized spacial score (nSPS) is 10.8. The Morgan fingerprint density at radius 2 is 1.78 bits per heavy atom. The number of halogens is 2. The minimum absolute atomic E-state index is 0.580. The molecule has 0 saturated heterocycles. The number of rotatable bonds is 1. The zero-order valence-electron chi connectivity index (χ0n) is 9.27. The Bertz CT molecular complexity index is 728. The highest BCUT2D eigenvalue weighted by atomic mass is 79.9. The highest BCUT2D eigenvalue weighted by molar-refractivity contribution is 9.10. The molecule has 0 aliphatic carbocycles. The first kappa shape index (κ1) is 11.6. The van der Waals surface area contributed by atoms with Gasteiger partial charge < -0.3 is 0 Å². The molecule has 0 N–H and O–H groups in total. The quantitative estimate of drug-likeness (QED) is 0.607. The molecule has 0 unspecified atom stereocenters. The van der Waals surface area contributed by atoms with Crippen molar-refractivity contribution in [1.82, 2.24) is 9.97 Å². The number of nitrogens with zero attached hydrogens (tertiary/aromatic N) is 2. The summed E-state index contributed by atoms with van der Waals surface area (Å²) in [5.74, 6) is 0. The maximum Gasteiger partial charge on any atom is 0.197 e. The van der Waals surface area contributed by atoms with Crippen LogP contribution in [0.4, 0.5) is 0 Å². The van der Waals surface area contributed by atoms with Crippen LogP contribution in [0.25, 0.3) is 22.2 Å². The Balaban J connectivity index is 2.34. The molecule has 2 aromatic carbocycles. The topological polar surface area (TPSA) is 25.8 Å². The summed E-state index contributed by atoms with van der Waals surface area (Å²) in [6, 6.07) is 15.6. The van der Waals surface area contributed by atoms with Gasteiger partial charge in [-0.05, 0) is 34.1 Å². The third kappa shape index (κ3) is 2.11. The van der Waals surface area contributed by atoms with E-state index in [2.05, 4.69) is 25.9 Å². The van der Waals surface area contributed by atoms with Crippen LogP contribution in [0.1, 0.15) is 0 Å². The molecule has 0 fully saturated rings. The highest BCUT2D eigenvalue weighted by Crippen LogP contribution is 2.28. The number of para-hydroxylation sites is 1. The molecule has 18 heavy (non-hydrogen) atoms. The summed E-state index contributed by atoms with van der Waals surface area (Å²) in [6.45, 7) is 0. The van der Waals surface area contributed by atoms with Crippen LogP contribution in [0.15, 0.2) is 53.3 Å². The fourth-order valence-corrected chi connectivity index (χ4v) is 2.46. The fraction of sp³-hybridized carbons (Fsp3) is 0. The molecule has 2 nitrogen and oxygen atoms in total. The Hall–Kier alpha value is -1.45. The number of fused-ring (bicyclic) bond motifs is 1. The molecule has 0 radical (unpaired) electrons. The van der Waals surface area contributed by atoms with Gasteiger partial charge in [-0.15, -0.1) is 0 Å². The number of hydrogen-bond acceptors (Lipinski definition) is 2. The van der Waals surface area contributed by atoms with Crippen molar-refractivity contribution in [3.8, 4) is 11.3 Å². The van der Waals surface area contributed by atoms with E-state index in [0.29, 0.717) is 9.76 Å². The maximum atomic E-state index is 6.03. The second-order valence-electron chi connectivity index (χ2n) is 3.87. The lowest BCUT2D eigenvalue weighted by atomic mass is 10.1. The number of aromatic nitrogens is 2. The predicted octanol–water partition coefficient (Wildman–Crippen LogP) is 4.71. The third-order valence-electron chi connectivity index (χ3n) is 2.67. The molecule has 3 rings (SSSR count). The van der Waals surface area contributed by atoms with Crippen LogP contribution in [0, 0.1) is 0 Å². The molecule has 0 amide bonds. The molecule has 3 aromatic rings. The van der Waals surface area contributed by atoms with Crippen LogP contribution >= 0.6 is 27.5 Å². The average Bonchev–Trinajstić information content (AvgIpc) is 2.37. The molecular formula is C14H8BrClN2. The minimum atomic E-state index is 0.580. The summed E-state index contributed by atoms with van der Waals surface area (Å²) < 4.78 is 0.580. The third-order valence-corrected chi connectivity index (χ3v) is 3.26. The minimum Gasteiger partial charge on any atom is -0.222 e. The van der Waals surface area contributed by atoms with Crippen LogP contribution in [0.3, 0.4) is 0 Å². The lowest BCUT2D eigenvalue weighted by Crippen LogP contribution is -1.91. The first-order chi connectivity index (χ1) is 8.74. The van der Waals surface area contributed by atoms with Crippen LogP contribution < -0.4 is 0 Å². The first-order valence-corrected chi connectivity index (χ1v) is 6.59. The first-order valence-electron chi connectivity index (χ1n) is 5.42. The van der Waals surface area contributed by atoms with E-state index in [-0.39, 0.29) is 0 Å². The monoisotopic (exact) mass is 318 g/mol. The molecule has 0 aliphatic rings. The Labute approximate surface area is 118 Å². The van der Waals surface area contributed by atoms with E-state index < -0.39 is 0 Å². The molecule has 0 saturated carbocycles. The lowest BCUT2D eigenvalue weighted by Gasteiger charge is -2.06. The largest absolute Gasteiger partial charge is 0.222 e. The van der Waals surface area contributed by atoms with E-state index in [4.69, 9.17) is 11.6 Å². The van der Waals surface area contributed by atoms with Crippen molar-refractivity contribution in [3.05, 3.63) is 58.3 Å². The van der Waals surface area contributed by atoms with E-state index in [1.165, 1.54) is 0 Å². The van der Waals surface area contributed by atoms with Gasteiger partial charge in [0, 0.05) is 16.0 Å². The summed E-state index contributed by atoms with van der Waals surface area (Å²) in [5.41, 5.74) is 2.78. The second kappa shape index (κ2) is 4.67. The molecule has 1 aromatic heterocycles. The smallest absolute Gasteiger partial charge is 0.197 e. The van der Waals surface area contributed by atoms with Crippen LogP contribution in [0.5, 0.6) is 0 Å². The predicted molar refractivity (Wildman–Crippen MR) is 77.7 cm³/mol. The van der Waals surface area contributed by atoms with E-state index in [9.17, 15) is 0 Å². The summed E-state index contributed by atoms with van der Waals surface area (Å²) in [6.07, 6.45) is 0. The Kier molecular flexibility index (Phi) is 3.02. The van der Waals surface area contributed by atoms with Crippen LogP contribution in [0.2, 0.25) is 5.02 Å². The fourth-order valence-electron chi connectivity index (χ4n) is 1.90. The van der Waals surface area contributed by atoms with Gasteiger partial charge in [0.15, 0.2) is 4.73 Å². The summed E-state index contributed by atoms with van der Waals surface area (Å²) in [5, 5.41) is 1.72. The van der Waals surface area contributed by atoms with Crippen molar-refractivity contribution < 1.29 is 0 Å². The maximum absolute atomic E-state index is 6.03. The Morgan fingerprint density at radius 3 is 2.61 bits per heavy atom. The van der Waals surface area contributed by atoms with Crippen molar-refractivity contribution >= 4 is 38.4 Å². The highest BCUT2D eigenvalue weighted by Gasteiger charge is 2.08. The van der Waals surface area contributed by atoms with Crippen LogP contribution in [-0.2, 0) is 0 Å². The zero-order chi connectivity index (χ0) is 12.5. The van der Waals surface area contributed by atoms with Gasteiger partial charge in [0.1, 0.15) is 0 Å². The SMILES string of the molecule is Clc1cccc(-c2nc(Br)nc3ccccc23)c1. The molecule has 4 heteroatoms. The number of hydrogen-bond donors (Lipinski definition) is 0. The Morgan fingerprint density at radius 1 is 0.944 bits per heavy atom. The molecule has 0 bridgehead atoms. The summed E-state index contributed by atoms with van der Waals surface area (Å²) >= 11 is 9.37. The van der Waals surface area contributed by atoms with Gasteiger partial charge in [-0.2, -0.15) is 0 Å². The molecule has 0 atom stereocenters. The molecule has 0 spiro atoms. The van der Waals surface area contributed by atoms with Crippen molar-refractivity contribution in [2.45, 2.75) is 0 Å². The van der Waals surface area contributed by atoms with Crippen molar-refractivity contribution in [2.75, 3.05) is 0 Å². The number of benzene rings is 2. The van der Waals surface area contributed by atoms with E-state index in [1.54, 1.807) is 0 Å². The molecule has 1 heterocycles. The van der Waals surface area contributed by atoms with Gasteiger partial charge in [-0.3, -0.25) is 0 Å². The van der Waals surface area contributed by atoms with Gasteiger partial charge in [0.25, 0.3) is 0 Å². The summed E-state index contributed by atoms with van der Waals surface area (Å²) in [4.78, 5) is 8.82. The summed E-state index contributed by atoms with van der Waals surface area (Å²) in [7, 11) is 0. The van der Waals surface area contributed by atoms with E-state index in [1.807, 2.05) is 48.5 Å². The van der Waals surface area contributed by atoms with Gasteiger partial charge in [0.05, 0.1) is 11.2 Å². The average molecular weight is 320 g/mol. The van der Waals surface area contributed by atoms with Gasteiger partial charge in [-0.25, -0.2) is 9.97 Å². The van der Waals surface area contributed by atoms with Crippen molar-refractivity contribution in [1.29, 1.82) is 0 Å². The standard InChI is InChI=1S/C14H8BrClN2/c15-14-17-12-7-2-1-6-11(12)13(18-14)9-4-3-5-10(16)8-9/h1-8H. The van der Waals surface area contributed by atoms with Gasteiger partial charge >= 0.3 is 0 Å². The zero-order valence-corrected chi connectivity index (χ0v) is 11.6. The van der Waals surface area contributed by atoms with E-state index >= 15 is 0 Å². The second-order valence-corrected chi connectivity index (χ2v) is 5.01. The van der Waals surface area contributed by atoms with Crippen molar-refractivity contribution in [3.63, 3.8) is 0 Å². The van der Waals surface area contributed by atoms with E-state index in [0.717, 1.165) is 22.2 Å². The van der Waals surface area contributed by atoms with Gasteiger partial charge in [0.2, 0.25) is 0 Å².